The van der Waals surface area contributed by atoms with Gasteiger partial charge in [0.05, 0.1) is 4.90 Å². The Kier molecular flexibility index (Phi) is 8.93. The average molecular weight is 432 g/mol. The van der Waals surface area contributed by atoms with Crippen LogP contribution in [0.15, 0.2) is 29.2 Å². The summed E-state index contributed by atoms with van der Waals surface area (Å²) >= 11 is 0. The number of rotatable bonds is 7. The highest BCUT2D eigenvalue weighted by Crippen LogP contribution is 2.25. The second-order valence-electron chi connectivity index (χ2n) is 8.30. The zero-order valence-electron chi connectivity index (χ0n) is 17.3. The molecule has 1 fully saturated rings. The maximum atomic E-state index is 12.9. The molecule has 0 aromatic heterocycles. The Morgan fingerprint density at radius 1 is 1.29 bits per heavy atom. The Labute approximate surface area is 175 Å². The van der Waals surface area contributed by atoms with Crippen LogP contribution in [0.4, 0.5) is 0 Å². The predicted molar refractivity (Wildman–Crippen MR) is 115 cm³/mol. The lowest BCUT2D eigenvalue weighted by molar-refractivity contribution is 0.0898. The molecule has 1 aliphatic heterocycles. The van der Waals surface area contributed by atoms with Gasteiger partial charge < -0.3 is 11.1 Å². The number of carbonyl (C=O) groups is 1. The Balaban J connectivity index is 0.00000392. The summed E-state index contributed by atoms with van der Waals surface area (Å²) in [7, 11) is -3.53. The van der Waals surface area contributed by atoms with Crippen LogP contribution in [0, 0.1) is 5.92 Å². The molecule has 160 valence electrons. The summed E-state index contributed by atoms with van der Waals surface area (Å²) in [6.07, 6.45) is 3.60. The number of nitrogens with one attached hydrogen (secondary N) is 1. The van der Waals surface area contributed by atoms with Crippen LogP contribution in [0.3, 0.4) is 0 Å². The molecule has 1 saturated heterocycles. The molecule has 0 bridgehead atoms. The molecule has 0 aliphatic carbocycles. The molecule has 1 aliphatic rings. The summed E-state index contributed by atoms with van der Waals surface area (Å²) in [6.45, 7) is 8.94. The number of amides is 1. The van der Waals surface area contributed by atoms with Crippen molar-refractivity contribution in [3.8, 4) is 0 Å². The molecule has 8 heteroatoms. The van der Waals surface area contributed by atoms with E-state index in [4.69, 9.17) is 5.73 Å². The summed E-state index contributed by atoms with van der Waals surface area (Å²) < 4.78 is 27.3. The predicted octanol–water partition coefficient (Wildman–Crippen LogP) is 3.16. The summed E-state index contributed by atoms with van der Waals surface area (Å²) in [5.41, 5.74) is 5.81. The van der Waals surface area contributed by atoms with Crippen molar-refractivity contribution in [3.05, 3.63) is 29.8 Å². The molecular weight excluding hydrogens is 398 g/mol. The van der Waals surface area contributed by atoms with E-state index in [1.54, 1.807) is 16.4 Å². The van der Waals surface area contributed by atoms with Gasteiger partial charge in [-0.3, -0.25) is 4.79 Å². The number of nitrogens with two attached hydrogens (primary N) is 1. The van der Waals surface area contributed by atoms with Gasteiger partial charge in [-0.2, -0.15) is 4.31 Å². The first-order chi connectivity index (χ1) is 12.6. The van der Waals surface area contributed by atoms with Crippen LogP contribution in [0.25, 0.3) is 0 Å². The van der Waals surface area contributed by atoms with Gasteiger partial charge in [0.15, 0.2) is 0 Å². The highest BCUT2D eigenvalue weighted by atomic mass is 35.5. The molecule has 1 heterocycles. The van der Waals surface area contributed by atoms with E-state index in [2.05, 4.69) is 19.2 Å². The van der Waals surface area contributed by atoms with Gasteiger partial charge in [0.25, 0.3) is 5.91 Å². The summed E-state index contributed by atoms with van der Waals surface area (Å²) in [5, 5.41) is 3.00. The van der Waals surface area contributed by atoms with E-state index >= 15 is 0 Å². The van der Waals surface area contributed by atoms with E-state index in [0.29, 0.717) is 24.6 Å². The topological polar surface area (TPSA) is 92.5 Å². The Bertz CT molecular complexity index is 752. The van der Waals surface area contributed by atoms with E-state index in [-0.39, 0.29) is 29.3 Å². The van der Waals surface area contributed by atoms with Gasteiger partial charge >= 0.3 is 0 Å². The third kappa shape index (κ3) is 5.92. The van der Waals surface area contributed by atoms with Gasteiger partial charge in [-0.05, 0) is 63.3 Å². The highest BCUT2D eigenvalue weighted by Gasteiger charge is 2.31. The SMILES string of the molecule is CC(C)CC(C)(CN)NC(=O)c1ccc(S(=O)(=O)N2CCCCC2C)cc1.Cl. The molecular formula is C20H34ClN3O3S. The van der Waals surface area contributed by atoms with Crippen LogP contribution in [-0.4, -0.2) is 43.3 Å². The van der Waals surface area contributed by atoms with Crippen molar-refractivity contribution in [3.63, 3.8) is 0 Å². The van der Waals surface area contributed by atoms with Gasteiger partial charge in [-0.25, -0.2) is 8.42 Å². The van der Waals surface area contributed by atoms with Crippen LogP contribution in [-0.2, 0) is 10.0 Å². The second kappa shape index (κ2) is 10.1. The fourth-order valence-corrected chi connectivity index (χ4v) is 5.47. The zero-order valence-corrected chi connectivity index (χ0v) is 18.9. The Morgan fingerprint density at radius 3 is 2.39 bits per heavy atom. The summed E-state index contributed by atoms with van der Waals surface area (Å²) in [4.78, 5) is 12.8. The molecule has 1 aromatic rings. The quantitative estimate of drug-likeness (QED) is 0.693. The molecule has 0 spiro atoms. The first-order valence-electron chi connectivity index (χ1n) is 9.73. The van der Waals surface area contributed by atoms with E-state index in [0.717, 1.165) is 25.7 Å². The lowest BCUT2D eigenvalue weighted by Gasteiger charge is -2.32. The molecule has 0 radical (unpaired) electrons. The van der Waals surface area contributed by atoms with Gasteiger partial charge in [0.2, 0.25) is 10.0 Å². The number of hydrogen-bond acceptors (Lipinski definition) is 4. The molecule has 2 rings (SSSR count). The molecule has 2 unspecified atom stereocenters. The molecule has 1 amide bonds. The number of sulfonamides is 1. The first kappa shape index (κ1) is 24.9. The number of benzene rings is 1. The van der Waals surface area contributed by atoms with Crippen molar-refractivity contribution in [2.24, 2.45) is 11.7 Å². The van der Waals surface area contributed by atoms with Crippen LogP contribution in [0.5, 0.6) is 0 Å². The molecule has 0 saturated carbocycles. The minimum atomic E-state index is -3.53. The van der Waals surface area contributed by atoms with E-state index in [9.17, 15) is 13.2 Å². The summed E-state index contributed by atoms with van der Waals surface area (Å²) in [5.74, 6) is 0.164. The van der Waals surface area contributed by atoms with Gasteiger partial charge in [0.1, 0.15) is 0 Å². The number of halogens is 1. The van der Waals surface area contributed by atoms with E-state index in [1.165, 1.54) is 12.1 Å². The van der Waals surface area contributed by atoms with E-state index in [1.807, 2.05) is 13.8 Å². The third-order valence-corrected chi connectivity index (χ3v) is 7.22. The zero-order chi connectivity index (χ0) is 20.2. The van der Waals surface area contributed by atoms with Crippen LogP contribution in [0.1, 0.15) is 63.7 Å². The first-order valence-corrected chi connectivity index (χ1v) is 11.2. The fraction of sp³-hybridized carbons (Fsp3) is 0.650. The van der Waals surface area contributed by atoms with Crippen molar-refractivity contribution < 1.29 is 13.2 Å². The van der Waals surface area contributed by atoms with Crippen molar-refractivity contribution in [1.29, 1.82) is 0 Å². The van der Waals surface area contributed by atoms with Crippen molar-refractivity contribution in [1.82, 2.24) is 9.62 Å². The monoisotopic (exact) mass is 431 g/mol. The third-order valence-electron chi connectivity index (χ3n) is 5.19. The van der Waals surface area contributed by atoms with Gasteiger partial charge in [-0.15, -0.1) is 12.4 Å². The lowest BCUT2D eigenvalue weighted by atomic mass is 9.90. The minimum Gasteiger partial charge on any atom is -0.346 e. The number of piperidine rings is 1. The minimum absolute atomic E-state index is 0. The highest BCUT2D eigenvalue weighted by molar-refractivity contribution is 7.89. The number of carbonyl (C=O) groups excluding carboxylic acids is 1. The van der Waals surface area contributed by atoms with Crippen molar-refractivity contribution in [2.45, 2.75) is 69.9 Å². The second-order valence-corrected chi connectivity index (χ2v) is 10.2. The number of hydrogen-bond donors (Lipinski definition) is 2. The van der Waals surface area contributed by atoms with Crippen LogP contribution < -0.4 is 11.1 Å². The van der Waals surface area contributed by atoms with Crippen molar-refractivity contribution in [2.75, 3.05) is 13.1 Å². The van der Waals surface area contributed by atoms with Crippen LogP contribution >= 0.6 is 12.4 Å². The van der Waals surface area contributed by atoms with Crippen molar-refractivity contribution >= 4 is 28.3 Å². The van der Waals surface area contributed by atoms with Crippen LogP contribution in [0.2, 0.25) is 0 Å². The maximum Gasteiger partial charge on any atom is 0.251 e. The Hall–Kier alpha value is -1.15. The van der Waals surface area contributed by atoms with Gasteiger partial charge in [-0.1, -0.05) is 20.3 Å². The molecule has 3 N–H and O–H groups in total. The standard InChI is InChI=1S/C20H33N3O3S.ClH/c1-15(2)13-20(4,14-21)22-19(24)17-8-10-18(11-9-17)27(25,26)23-12-6-5-7-16(23)3;/h8-11,15-16H,5-7,12-14,21H2,1-4H3,(H,22,24);1H. The molecule has 2 atom stereocenters. The molecule has 6 nitrogen and oxygen atoms in total. The van der Waals surface area contributed by atoms with E-state index < -0.39 is 15.6 Å². The average Bonchev–Trinajstić information content (AvgIpc) is 2.61. The smallest absolute Gasteiger partial charge is 0.251 e. The largest absolute Gasteiger partial charge is 0.346 e. The fourth-order valence-electron chi connectivity index (χ4n) is 3.78. The lowest BCUT2D eigenvalue weighted by Crippen LogP contribution is -2.52. The molecule has 1 aromatic carbocycles. The molecule has 28 heavy (non-hydrogen) atoms. The van der Waals surface area contributed by atoms with Gasteiger partial charge in [0, 0.05) is 30.2 Å². The maximum absolute atomic E-state index is 12.9. The number of nitrogens with zero attached hydrogens (tertiary/aromatic N) is 1. The normalized spacial score (nSPS) is 20.3. The summed E-state index contributed by atoms with van der Waals surface area (Å²) in [6, 6.07) is 6.20. The Morgan fingerprint density at radius 2 is 1.89 bits per heavy atom.